The fourth-order valence-electron chi connectivity index (χ4n) is 2.03. The van der Waals surface area contributed by atoms with E-state index in [1.165, 1.54) is 12.1 Å². The third-order valence-corrected chi connectivity index (χ3v) is 4.35. The van der Waals surface area contributed by atoms with Crippen molar-refractivity contribution in [2.75, 3.05) is 26.3 Å². The van der Waals surface area contributed by atoms with Crippen LogP contribution in [-0.4, -0.2) is 40.7 Å². The Hall–Kier alpha value is -1.64. The van der Waals surface area contributed by atoms with Gasteiger partial charge in [0.15, 0.2) is 5.96 Å². The van der Waals surface area contributed by atoms with Gasteiger partial charge in [0, 0.05) is 26.3 Å². The van der Waals surface area contributed by atoms with Crippen molar-refractivity contribution in [2.24, 2.45) is 10.1 Å². The number of hydrogen-bond acceptors (Lipinski definition) is 4. The smallest absolute Gasteiger partial charge is 0.238 e. The minimum Gasteiger partial charge on any atom is -0.381 e. The zero-order valence-corrected chi connectivity index (χ0v) is 15.9. The first-order valence-corrected chi connectivity index (χ1v) is 10.2. The van der Waals surface area contributed by atoms with Gasteiger partial charge in [-0.15, -0.1) is 0 Å². The molecule has 0 saturated carbocycles. The van der Waals surface area contributed by atoms with Crippen molar-refractivity contribution >= 4 is 16.0 Å². The van der Waals surface area contributed by atoms with Gasteiger partial charge < -0.3 is 15.4 Å². The van der Waals surface area contributed by atoms with Crippen LogP contribution in [0.4, 0.5) is 0 Å². The molecule has 0 radical (unpaired) electrons. The van der Waals surface area contributed by atoms with Crippen LogP contribution in [0.2, 0.25) is 0 Å². The Balaban J connectivity index is 2.44. The number of unbranched alkanes of at least 4 members (excludes halogenated alkanes) is 1. The van der Waals surface area contributed by atoms with Crippen LogP contribution >= 0.6 is 0 Å². The second-order valence-corrected chi connectivity index (χ2v) is 7.19. The predicted octanol–water partition coefficient (Wildman–Crippen LogP) is 1.60. The monoisotopic (exact) mass is 370 g/mol. The van der Waals surface area contributed by atoms with E-state index in [9.17, 15) is 8.42 Å². The molecule has 0 aliphatic carbocycles. The van der Waals surface area contributed by atoms with Gasteiger partial charge in [-0.05, 0) is 37.5 Å². The van der Waals surface area contributed by atoms with Crippen LogP contribution in [0.5, 0.6) is 0 Å². The molecule has 0 saturated heterocycles. The van der Waals surface area contributed by atoms with Gasteiger partial charge in [-0.2, -0.15) is 0 Å². The molecule has 1 aromatic carbocycles. The lowest BCUT2D eigenvalue weighted by atomic mass is 10.2. The van der Waals surface area contributed by atoms with Gasteiger partial charge >= 0.3 is 0 Å². The minimum absolute atomic E-state index is 0.105. The van der Waals surface area contributed by atoms with E-state index < -0.39 is 10.0 Å². The summed E-state index contributed by atoms with van der Waals surface area (Å²) in [6.07, 6.45) is 3.16. The zero-order valence-electron chi connectivity index (χ0n) is 15.1. The molecule has 4 N–H and O–H groups in total. The van der Waals surface area contributed by atoms with Crippen LogP contribution in [-0.2, 0) is 21.3 Å². The lowest BCUT2D eigenvalue weighted by Crippen LogP contribution is -2.38. The summed E-state index contributed by atoms with van der Waals surface area (Å²) in [5, 5.41) is 11.5. The van der Waals surface area contributed by atoms with E-state index in [-0.39, 0.29) is 4.90 Å². The van der Waals surface area contributed by atoms with Crippen molar-refractivity contribution in [3.8, 4) is 0 Å². The average molecular weight is 371 g/mol. The van der Waals surface area contributed by atoms with E-state index in [1.54, 1.807) is 12.1 Å². The first-order chi connectivity index (χ1) is 12.0. The molecule has 7 nitrogen and oxygen atoms in total. The highest BCUT2D eigenvalue weighted by atomic mass is 32.2. The Bertz CT molecular complexity index is 615. The van der Waals surface area contributed by atoms with Crippen molar-refractivity contribution in [1.82, 2.24) is 10.6 Å². The molecule has 0 aliphatic rings. The maximum atomic E-state index is 11.2. The third-order valence-electron chi connectivity index (χ3n) is 3.42. The summed E-state index contributed by atoms with van der Waals surface area (Å²) in [5.41, 5.74) is 0.910. The van der Waals surface area contributed by atoms with Crippen molar-refractivity contribution in [3.05, 3.63) is 29.8 Å². The average Bonchev–Trinajstić information content (AvgIpc) is 2.58. The standard InChI is InChI=1S/C17H30N4O3S/c1-3-5-12-24-13-6-11-20-17(19-4-2)21-14-15-7-9-16(10-8-15)25(18,22)23/h7-10H,3-6,11-14H2,1-2H3,(H2,18,22,23)(H2,19,20,21). The maximum absolute atomic E-state index is 11.2. The molecule has 0 amide bonds. The zero-order chi connectivity index (χ0) is 18.5. The molecule has 0 bridgehead atoms. The summed E-state index contributed by atoms with van der Waals surface area (Å²) in [4.78, 5) is 4.60. The number of rotatable bonds is 11. The number of sulfonamides is 1. The molecular formula is C17H30N4O3S. The molecule has 0 spiro atoms. The second kappa shape index (κ2) is 11.8. The molecule has 0 fully saturated rings. The van der Waals surface area contributed by atoms with E-state index >= 15 is 0 Å². The van der Waals surface area contributed by atoms with Crippen LogP contribution in [0.3, 0.4) is 0 Å². The number of primary sulfonamides is 1. The third kappa shape index (κ3) is 9.42. The van der Waals surface area contributed by atoms with Gasteiger partial charge in [0.1, 0.15) is 0 Å². The second-order valence-electron chi connectivity index (χ2n) is 5.63. The van der Waals surface area contributed by atoms with Crippen LogP contribution in [0.15, 0.2) is 34.2 Å². The largest absolute Gasteiger partial charge is 0.381 e. The van der Waals surface area contributed by atoms with Crippen molar-refractivity contribution in [2.45, 2.75) is 44.6 Å². The number of ether oxygens (including phenoxy) is 1. The van der Waals surface area contributed by atoms with Crippen molar-refractivity contribution in [1.29, 1.82) is 0 Å². The Morgan fingerprint density at radius 2 is 1.80 bits per heavy atom. The number of benzene rings is 1. The molecule has 8 heteroatoms. The normalized spacial score (nSPS) is 12.2. The molecular weight excluding hydrogens is 340 g/mol. The summed E-state index contributed by atoms with van der Waals surface area (Å²) in [6, 6.07) is 6.42. The molecule has 0 aliphatic heterocycles. The van der Waals surface area contributed by atoms with Crippen LogP contribution in [0, 0.1) is 0 Å². The highest BCUT2D eigenvalue weighted by molar-refractivity contribution is 7.89. The minimum atomic E-state index is -3.66. The topological polar surface area (TPSA) is 106 Å². The highest BCUT2D eigenvalue weighted by Gasteiger charge is 2.06. The van der Waals surface area contributed by atoms with Crippen LogP contribution in [0.25, 0.3) is 0 Å². The fourth-order valence-corrected chi connectivity index (χ4v) is 2.54. The van der Waals surface area contributed by atoms with Crippen LogP contribution in [0.1, 0.15) is 38.7 Å². The first kappa shape index (κ1) is 21.4. The quantitative estimate of drug-likeness (QED) is 0.312. The van der Waals surface area contributed by atoms with Crippen LogP contribution < -0.4 is 15.8 Å². The molecule has 1 aromatic rings. The number of nitrogens with zero attached hydrogens (tertiary/aromatic N) is 1. The van der Waals surface area contributed by atoms with Gasteiger partial charge in [0.2, 0.25) is 10.0 Å². The molecule has 142 valence electrons. The molecule has 25 heavy (non-hydrogen) atoms. The summed E-state index contributed by atoms with van der Waals surface area (Å²) < 4.78 is 28.0. The summed E-state index contributed by atoms with van der Waals surface area (Å²) in [7, 11) is -3.66. The molecule has 0 aromatic heterocycles. The molecule has 0 unspecified atom stereocenters. The number of guanidine groups is 1. The lowest BCUT2D eigenvalue weighted by molar-refractivity contribution is 0.129. The number of hydrogen-bond donors (Lipinski definition) is 3. The summed E-state index contributed by atoms with van der Waals surface area (Å²) in [6.45, 7) is 7.71. The highest BCUT2D eigenvalue weighted by Crippen LogP contribution is 2.09. The van der Waals surface area contributed by atoms with Gasteiger partial charge in [0.05, 0.1) is 11.4 Å². The van der Waals surface area contributed by atoms with E-state index in [2.05, 4.69) is 22.5 Å². The Morgan fingerprint density at radius 3 is 2.40 bits per heavy atom. The summed E-state index contributed by atoms with van der Waals surface area (Å²) >= 11 is 0. The number of aliphatic imine (C=N–C) groups is 1. The SMILES string of the molecule is CCCCOCCCNC(=NCc1ccc(S(N)(=O)=O)cc1)NCC. The van der Waals surface area contributed by atoms with Gasteiger partial charge in [0.25, 0.3) is 0 Å². The Morgan fingerprint density at radius 1 is 1.12 bits per heavy atom. The fraction of sp³-hybridized carbons (Fsp3) is 0.588. The van der Waals surface area contributed by atoms with Crippen molar-refractivity contribution < 1.29 is 13.2 Å². The van der Waals surface area contributed by atoms with E-state index in [1.807, 2.05) is 6.92 Å². The molecule has 0 heterocycles. The van der Waals surface area contributed by atoms with Gasteiger partial charge in [-0.25, -0.2) is 18.5 Å². The lowest BCUT2D eigenvalue weighted by Gasteiger charge is -2.11. The first-order valence-electron chi connectivity index (χ1n) is 8.69. The maximum Gasteiger partial charge on any atom is 0.238 e. The number of nitrogens with two attached hydrogens (primary N) is 1. The van der Waals surface area contributed by atoms with Gasteiger partial charge in [-0.3, -0.25) is 0 Å². The van der Waals surface area contributed by atoms with Gasteiger partial charge in [-0.1, -0.05) is 25.5 Å². The van der Waals surface area contributed by atoms with Crippen molar-refractivity contribution in [3.63, 3.8) is 0 Å². The van der Waals surface area contributed by atoms with E-state index in [4.69, 9.17) is 9.88 Å². The molecule has 1 rings (SSSR count). The Kier molecular flexibility index (Phi) is 10.1. The predicted molar refractivity (Wildman–Crippen MR) is 101 cm³/mol. The number of nitrogens with one attached hydrogen (secondary N) is 2. The van der Waals surface area contributed by atoms with E-state index in [0.29, 0.717) is 6.54 Å². The van der Waals surface area contributed by atoms with E-state index in [0.717, 1.165) is 57.1 Å². The molecule has 0 atom stereocenters. The Labute approximate surface area is 151 Å². The summed E-state index contributed by atoms with van der Waals surface area (Å²) in [5.74, 6) is 0.728.